The second-order valence-electron chi connectivity index (χ2n) is 7.11. The summed E-state index contributed by atoms with van der Waals surface area (Å²) in [5.74, 6) is -0.457. The predicted molar refractivity (Wildman–Crippen MR) is 105 cm³/mol. The third-order valence-corrected chi connectivity index (χ3v) is 39.1. The van der Waals surface area contributed by atoms with Crippen molar-refractivity contribution in [1.82, 2.24) is 0 Å². The maximum atomic E-state index is 6.86. The number of hydrogen-bond acceptors (Lipinski definition) is 0. The van der Waals surface area contributed by atoms with Crippen LogP contribution >= 0.6 is 11.6 Å². The summed E-state index contributed by atoms with van der Waals surface area (Å²) < 4.78 is 2.12. The minimum absolute atomic E-state index is 0.457. The summed E-state index contributed by atoms with van der Waals surface area (Å²) in [7, 11) is 0. The molecule has 0 aliphatic heterocycles. The van der Waals surface area contributed by atoms with Gasteiger partial charge in [-0.3, -0.25) is 0 Å². The molecule has 3 heteroatoms. The maximum absolute atomic E-state index is 6.86. The number of rotatable bonds is 4. The van der Waals surface area contributed by atoms with Crippen LogP contribution in [-0.2, 0) is 19.4 Å². The molecular weight excluding hydrogens is 407 g/mol. The van der Waals surface area contributed by atoms with Gasteiger partial charge in [-0.15, -0.1) is 0 Å². The summed E-state index contributed by atoms with van der Waals surface area (Å²) in [6.45, 7) is 5.04. The quantitative estimate of drug-likeness (QED) is 0.406. The normalized spacial score (nSPS) is 23.3. The zero-order valence-corrected chi connectivity index (χ0v) is 18.4. The molecule has 0 saturated carbocycles. The Morgan fingerprint density at radius 1 is 0.833 bits per heavy atom. The zero-order valence-electron chi connectivity index (χ0n) is 14.2. The number of fused-ring (bicyclic) bond motifs is 2. The van der Waals surface area contributed by atoms with Gasteiger partial charge in [0.1, 0.15) is 0 Å². The van der Waals surface area contributed by atoms with E-state index in [0.717, 1.165) is 3.59 Å². The fraction of sp³-hybridized carbons (Fsp3) is 0.238. The predicted octanol–water partition coefficient (Wildman–Crippen LogP) is 6.12. The summed E-state index contributed by atoms with van der Waals surface area (Å²) in [6, 6.07) is 17.9. The molecule has 121 valence electrons. The minimum atomic E-state index is -2.75. The molecule has 2 aromatic carbocycles. The van der Waals surface area contributed by atoms with Crippen molar-refractivity contribution in [2.45, 2.75) is 20.3 Å². The standard InChI is InChI=1S/2C9H7.C2H6Si.CH2Cl.Zr/c2*1-2-5-9-7-3-6-8(9)4-1;1-3-2;1-2;/h2*1-7H;1-2H3;1H2;. The molecule has 2 aliphatic rings. The molecule has 0 nitrogen and oxygen atoms in total. The third kappa shape index (κ3) is 2.42. The van der Waals surface area contributed by atoms with E-state index < -0.39 is 25.4 Å². The van der Waals surface area contributed by atoms with Gasteiger partial charge in [0.05, 0.1) is 0 Å². The van der Waals surface area contributed by atoms with Crippen LogP contribution < -0.4 is 0 Å². The van der Waals surface area contributed by atoms with Crippen LogP contribution in [0.4, 0.5) is 0 Å². The van der Waals surface area contributed by atoms with Gasteiger partial charge in [-0.05, 0) is 0 Å². The second kappa shape index (κ2) is 6.56. The summed E-state index contributed by atoms with van der Waals surface area (Å²) in [4.78, 5) is 0. The molecule has 24 heavy (non-hydrogen) atoms. The molecule has 2 aliphatic carbocycles. The average Bonchev–Trinajstić information content (AvgIpc) is 3.22. The van der Waals surface area contributed by atoms with Crippen LogP contribution in [0.25, 0.3) is 12.2 Å². The first-order chi connectivity index (χ1) is 11.7. The van der Waals surface area contributed by atoms with Gasteiger partial charge in [-0.2, -0.15) is 0 Å². The zero-order chi connectivity index (χ0) is 16.7. The molecule has 0 bridgehead atoms. The van der Waals surface area contributed by atoms with Crippen LogP contribution in [0.1, 0.15) is 29.5 Å². The number of hydrogen-bond donors (Lipinski definition) is 0. The molecule has 4 rings (SSSR count). The van der Waals surface area contributed by atoms with Gasteiger partial charge in [-0.25, -0.2) is 0 Å². The summed E-state index contributed by atoms with van der Waals surface area (Å²) >= 11 is 4.12. The molecule has 2 atom stereocenters. The van der Waals surface area contributed by atoms with Crippen LogP contribution in [0.5, 0.6) is 0 Å². The Morgan fingerprint density at radius 3 is 1.71 bits per heavy atom. The van der Waals surface area contributed by atoms with Crippen molar-refractivity contribution in [2.75, 3.05) is 3.59 Å². The summed E-state index contributed by atoms with van der Waals surface area (Å²) in [5, 5.41) is 0. The molecule has 0 N–H and O–H groups in total. The second-order valence-corrected chi connectivity index (χ2v) is 32.4. The Balaban J connectivity index is 1.87. The number of halogens is 1. The van der Waals surface area contributed by atoms with Gasteiger partial charge in [0.2, 0.25) is 0 Å². The fourth-order valence-electron chi connectivity index (χ4n) is 4.51. The van der Waals surface area contributed by atoms with Crippen LogP contribution in [0, 0.1) is 0 Å². The molecule has 0 heterocycles. The first-order valence-electron chi connectivity index (χ1n) is 8.59. The summed E-state index contributed by atoms with van der Waals surface area (Å²) in [5.41, 5.74) is 5.90. The van der Waals surface area contributed by atoms with Crippen LogP contribution in [0.2, 0.25) is 13.1 Å². The Hall–Kier alpha value is -0.690. The van der Waals surface area contributed by atoms with E-state index in [1.54, 1.807) is 0 Å². The van der Waals surface area contributed by atoms with Crippen molar-refractivity contribution in [2.24, 2.45) is 0 Å². The molecule has 1 radical (unpaired) electrons. The van der Waals surface area contributed by atoms with Crippen molar-refractivity contribution in [3.05, 3.63) is 82.9 Å². The van der Waals surface area contributed by atoms with Gasteiger partial charge in [0.25, 0.3) is 0 Å². The van der Waals surface area contributed by atoms with Crippen LogP contribution in [0.3, 0.4) is 0 Å². The molecular formula is C21H22ClSiZr. The van der Waals surface area contributed by atoms with Crippen molar-refractivity contribution in [3.63, 3.8) is 0 Å². The van der Waals surface area contributed by atoms with Crippen molar-refractivity contribution < 1.29 is 19.4 Å². The van der Waals surface area contributed by atoms with Crippen molar-refractivity contribution in [3.8, 4) is 0 Å². The van der Waals surface area contributed by atoms with E-state index in [4.69, 9.17) is 11.6 Å². The van der Waals surface area contributed by atoms with Gasteiger partial charge >= 0.3 is 156 Å². The van der Waals surface area contributed by atoms with Gasteiger partial charge in [0.15, 0.2) is 0 Å². The van der Waals surface area contributed by atoms with Gasteiger partial charge in [0, 0.05) is 0 Å². The van der Waals surface area contributed by atoms with E-state index in [1.807, 2.05) is 0 Å². The number of benzene rings is 2. The molecule has 0 amide bonds. The molecule has 0 spiro atoms. The van der Waals surface area contributed by atoms with E-state index in [1.165, 1.54) is 22.3 Å². The number of alkyl halides is 1. The first-order valence-corrected chi connectivity index (χ1v) is 19.9. The Bertz CT molecular complexity index is 763. The van der Waals surface area contributed by atoms with Crippen LogP contribution in [0.15, 0.2) is 60.7 Å². The molecule has 0 saturated heterocycles. The van der Waals surface area contributed by atoms with E-state index in [-0.39, 0.29) is 0 Å². The van der Waals surface area contributed by atoms with Crippen molar-refractivity contribution >= 4 is 29.7 Å². The summed E-state index contributed by atoms with van der Waals surface area (Å²) in [6.07, 6.45) is 9.67. The van der Waals surface area contributed by atoms with E-state index in [9.17, 15) is 0 Å². The van der Waals surface area contributed by atoms with Crippen molar-refractivity contribution in [1.29, 1.82) is 0 Å². The molecule has 0 fully saturated rings. The first kappa shape index (κ1) is 16.8. The van der Waals surface area contributed by atoms with Gasteiger partial charge in [-0.1, -0.05) is 0 Å². The van der Waals surface area contributed by atoms with Crippen LogP contribution in [-0.4, -0.2) is 9.51 Å². The molecule has 2 unspecified atom stereocenters. The third-order valence-electron chi connectivity index (χ3n) is 5.86. The monoisotopic (exact) mass is 427 g/mol. The SMILES string of the molecule is C[Si](C)[Zr]([CH2]Cl)([CH]1C=Cc2ccccc21)[CH]1C=Cc2ccccc21. The average molecular weight is 429 g/mol. The van der Waals surface area contributed by atoms with E-state index in [2.05, 4.69) is 85.9 Å². The Labute approximate surface area is 155 Å². The molecule has 0 aromatic heterocycles. The Morgan fingerprint density at radius 2 is 1.29 bits per heavy atom. The Kier molecular flexibility index (Phi) is 4.58. The number of allylic oxidation sites excluding steroid dienone is 2. The topological polar surface area (TPSA) is 0 Å². The molecule has 2 aromatic rings. The van der Waals surface area contributed by atoms with E-state index in [0.29, 0.717) is 7.25 Å². The fourth-order valence-corrected chi connectivity index (χ4v) is 34.8. The van der Waals surface area contributed by atoms with E-state index >= 15 is 0 Å². The van der Waals surface area contributed by atoms with Gasteiger partial charge < -0.3 is 0 Å².